The van der Waals surface area contributed by atoms with Gasteiger partial charge in [0, 0.05) is 13.7 Å². The van der Waals surface area contributed by atoms with Crippen LogP contribution in [0.25, 0.3) is 0 Å². The first-order valence-corrected chi connectivity index (χ1v) is 4.43. The molecule has 3 heteroatoms. The van der Waals surface area contributed by atoms with Crippen molar-refractivity contribution in [3.05, 3.63) is 19.6 Å². The quantitative estimate of drug-likeness (QED) is 0.404. The van der Waals surface area contributed by atoms with Crippen molar-refractivity contribution in [3.8, 4) is 0 Å². The molecule has 0 heterocycles. The van der Waals surface area contributed by atoms with Crippen molar-refractivity contribution in [3.63, 3.8) is 0 Å². The van der Waals surface area contributed by atoms with Crippen LogP contribution in [-0.4, -0.2) is 39.6 Å². The number of rotatable bonds is 9. The maximum atomic E-state index is 5.27. The number of hydrogen-bond acceptors (Lipinski definition) is 3. The Hall–Kier alpha value is -0.380. The maximum absolute atomic E-state index is 5.27. The van der Waals surface area contributed by atoms with E-state index in [2.05, 4.69) is 13.5 Å². The summed E-state index contributed by atoms with van der Waals surface area (Å²) >= 11 is 0. The molecular weight excluding hydrogens is 168 g/mol. The lowest BCUT2D eigenvalue weighted by Crippen LogP contribution is -2.11. The van der Waals surface area contributed by atoms with Crippen molar-refractivity contribution < 1.29 is 14.2 Å². The summed E-state index contributed by atoms with van der Waals surface area (Å²) in [5.74, 6) is 0. The molecule has 0 aliphatic rings. The summed E-state index contributed by atoms with van der Waals surface area (Å²) < 4.78 is 15.4. The molecule has 0 amide bonds. The Balaban J connectivity index is 2.95. The molecule has 0 aliphatic heterocycles. The van der Waals surface area contributed by atoms with E-state index in [0.29, 0.717) is 26.4 Å². The van der Waals surface area contributed by atoms with Gasteiger partial charge in [0.05, 0.1) is 25.9 Å². The molecule has 0 aromatic carbocycles. The molecule has 1 atom stereocenters. The molecular formula is C10H19O3. The normalized spacial score (nSPS) is 12.8. The van der Waals surface area contributed by atoms with Crippen molar-refractivity contribution in [2.75, 3.05) is 33.5 Å². The monoisotopic (exact) mass is 187 g/mol. The molecule has 1 unspecified atom stereocenters. The minimum absolute atomic E-state index is 0.0223. The molecule has 77 valence electrons. The second kappa shape index (κ2) is 9.71. The Labute approximate surface area is 80.7 Å². The third-order valence-corrected chi connectivity index (χ3v) is 1.53. The first kappa shape index (κ1) is 12.6. The maximum Gasteiger partial charge on any atom is 0.0704 e. The van der Waals surface area contributed by atoms with Crippen molar-refractivity contribution >= 4 is 0 Å². The van der Waals surface area contributed by atoms with Crippen molar-refractivity contribution in [2.24, 2.45) is 0 Å². The van der Waals surface area contributed by atoms with Crippen LogP contribution in [0.5, 0.6) is 0 Å². The molecule has 0 aliphatic carbocycles. The van der Waals surface area contributed by atoms with Crippen LogP contribution in [0, 0.1) is 6.92 Å². The standard InChI is InChI=1S/C10H19O3/c1-4-6-12-8-9-13-7-5-10(2)11-3/h4,10H,1-2,5-9H2,3H3. The highest BCUT2D eigenvalue weighted by Crippen LogP contribution is 1.94. The van der Waals surface area contributed by atoms with Gasteiger partial charge in [0.25, 0.3) is 0 Å². The molecule has 3 nitrogen and oxygen atoms in total. The average molecular weight is 187 g/mol. The van der Waals surface area contributed by atoms with E-state index in [1.54, 1.807) is 13.2 Å². The Morgan fingerprint density at radius 1 is 1.23 bits per heavy atom. The van der Waals surface area contributed by atoms with Crippen LogP contribution in [-0.2, 0) is 14.2 Å². The van der Waals surface area contributed by atoms with Crippen LogP contribution in [0.15, 0.2) is 12.7 Å². The second-order valence-electron chi connectivity index (χ2n) is 2.62. The molecule has 0 aromatic rings. The summed E-state index contributed by atoms with van der Waals surface area (Å²) in [7, 11) is 1.64. The first-order valence-electron chi connectivity index (χ1n) is 4.43. The van der Waals surface area contributed by atoms with Crippen LogP contribution in [0.1, 0.15) is 6.42 Å². The minimum atomic E-state index is 0.0223. The molecule has 0 rings (SSSR count). The van der Waals surface area contributed by atoms with Gasteiger partial charge in [-0.25, -0.2) is 0 Å². The van der Waals surface area contributed by atoms with E-state index in [9.17, 15) is 0 Å². The fourth-order valence-corrected chi connectivity index (χ4v) is 0.719. The Bertz CT molecular complexity index is 115. The molecule has 0 saturated carbocycles. The number of methoxy groups -OCH3 is 1. The third kappa shape index (κ3) is 9.53. The van der Waals surface area contributed by atoms with Crippen LogP contribution >= 0.6 is 0 Å². The summed E-state index contributed by atoms with van der Waals surface area (Å²) in [6, 6.07) is 0. The predicted octanol–water partition coefficient (Wildman–Crippen LogP) is 1.44. The van der Waals surface area contributed by atoms with Gasteiger partial charge in [-0.15, -0.1) is 6.58 Å². The fourth-order valence-electron chi connectivity index (χ4n) is 0.719. The Morgan fingerprint density at radius 2 is 1.92 bits per heavy atom. The molecule has 0 fully saturated rings. The van der Waals surface area contributed by atoms with Gasteiger partial charge in [-0.3, -0.25) is 0 Å². The molecule has 1 radical (unpaired) electrons. The van der Waals surface area contributed by atoms with E-state index in [4.69, 9.17) is 14.2 Å². The van der Waals surface area contributed by atoms with Crippen molar-refractivity contribution in [1.29, 1.82) is 0 Å². The van der Waals surface area contributed by atoms with Gasteiger partial charge < -0.3 is 14.2 Å². The van der Waals surface area contributed by atoms with Crippen LogP contribution in [0.3, 0.4) is 0 Å². The third-order valence-electron chi connectivity index (χ3n) is 1.53. The molecule has 0 spiro atoms. The lowest BCUT2D eigenvalue weighted by atomic mass is 10.3. The fraction of sp³-hybridized carbons (Fsp3) is 0.700. The van der Waals surface area contributed by atoms with Crippen LogP contribution < -0.4 is 0 Å². The molecule has 0 saturated heterocycles. The predicted molar refractivity (Wildman–Crippen MR) is 52.6 cm³/mol. The number of ether oxygens (including phenoxy) is 3. The van der Waals surface area contributed by atoms with E-state index in [1.807, 2.05) is 0 Å². The van der Waals surface area contributed by atoms with Gasteiger partial charge in [-0.1, -0.05) is 6.08 Å². The van der Waals surface area contributed by atoms with E-state index in [0.717, 1.165) is 6.42 Å². The summed E-state index contributed by atoms with van der Waals surface area (Å²) in [6.07, 6.45) is 2.56. The number of hydrogen-bond donors (Lipinski definition) is 0. The molecule has 0 N–H and O–H groups in total. The Morgan fingerprint density at radius 3 is 2.54 bits per heavy atom. The second-order valence-corrected chi connectivity index (χ2v) is 2.62. The summed E-state index contributed by atoms with van der Waals surface area (Å²) in [5, 5.41) is 0. The first-order chi connectivity index (χ1) is 6.31. The highest BCUT2D eigenvalue weighted by atomic mass is 16.5. The summed E-state index contributed by atoms with van der Waals surface area (Å²) in [6.45, 7) is 9.77. The molecule has 13 heavy (non-hydrogen) atoms. The topological polar surface area (TPSA) is 27.7 Å². The largest absolute Gasteiger partial charge is 0.381 e. The van der Waals surface area contributed by atoms with Gasteiger partial charge >= 0.3 is 0 Å². The van der Waals surface area contributed by atoms with E-state index in [1.165, 1.54) is 0 Å². The van der Waals surface area contributed by atoms with Gasteiger partial charge in [-0.2, -0.15) is 0 Å². The highest BCUT2D eigenvalue weighted by molar-refractivity contribution is 4.63. The zero-order chi connectivity index (χ0) is 9.94. The Kier molecular flexibility index (Phi) is 9.42. The molecule has 0 bridgehead atoms. The lowest BCUT2D eigenvalue weighted by molar-refractivity contribution is 0.0378. The zero-order valence-corrected chi connectivity index (χ0v) is 8.33. The molecule has 0 aromatic heterocycles. The zero-order valence-electron chi connectivity index (χ0n) is 8.33. The van der Waals surface area contributed by atoms with Crippen molar-refractivity contribution in [2.45, 2.75) is 12.5 Å². The van der Waals surface area contributed by atoms with Crippen LogP contribution in [0.2, 0.25) is 0 Å². The summed E-state index contributed by atoms with van der Waals surface area (Å²) in [4.78, 5) is 0. The summed E-state index contributed by atoms with van der Waals surface area (Å²) in [5.41, 5.74) is 0. The minimum Gasteiger partial charge on any atom is -0.381 e. The van der Waals surface area contributed by atoms with Gasteiger partial charge in [-0.05, 0) is 13.3 Å². The van der Waals surface area contributed by atoms with Crippen LogP contribution in [0.4, 0.5) is 0 Å². The van der Waals surface area contributed by atoms with Gasteiger partial charge in [0.2, 0.25) is 0 Å². The van der Waals surface area contributed by atoms with Gasteiger partial charge in [0.15, 0.2) is 0 Å². The van der Waals surface area contributed by atoms with E-state index < -0.39 is 0 Å². The van der Waals surface area contributed by atoms with E-state index in [-0.39, 0.29) is 6.10 Å². The highest BCUT2D eigenvalue weighted by Gasteiger charge is 1.98. The van der Waals surface area contributed by atoms with Crippen molar-refractivity contribution in [1.82, 2.24) is 0 Å². The smallest absolute Gasteiger partial charge is 0.0704 e. The average Bonchev–Trinajstić information content (AvgIpc) is 2.16. The van der Waals surface area contributed by atoms with E-state index >= 15 is 0 Å². The lowest BCUT2D eigenvalue weighted by Gasteiger charge is -2.09. The van der Waals surface area contributed by atoms with Gasteiger partial charge in [0.1, 0.15) is 0 Å². The SMILES string of the molecule is [CH2]C(CCOCCOCC=C)OC.